The molecule has 0 aliphatic carbocycles. The molecule has 0 amide bonds. The normalized spacial score (nSPS) is 10.1. The van der Waals surface area contributed by atoms with Crippen molar-refractivity contribution in [1.29, 1.82) is 5.41 Å². The summed E-state index contributed by atoms with van der Waals surface area (Å²) in [5.74, 6) is 1.30. The number of nitrogens with two attached hydrogens (primary N) is 1. The Labute approximate surface area is 111 Å². The van der Waals surface area contributed by atoms with E-state index in [0.29, 0.717) is 16.3 Å². The molecule has 0 radical (unpaired) electrons. The average molecular weight is 261 g/mol. The largest absolute Gasteiger partial charge is 0.456 e. The van der Waals surface area contributed by atoms with Gasteiger partial charge in [0.15, 0.2) is 0 Å². The molecule has 0 bridgehead atoms. The monoisotopic (exact) mass is 260 g/mol. The molecule has 0 saturated heterocycles. The molecule has 4 heteroatoms. The molecule has 3 N–H and O–H groups in total. The van der Waals surface area contributed by atoms with Crippen LogP contribution in [0, 0.1) is 12.3 Å². The SMILES string of the molecule is Cc1ccccc1Oc1ccc(C(=N)N)cc1Cl. The Kier molecular flexibility index (Phi) is 3.53. The molecule has 92 valence electrons. The number of hydrogen-bond acceptors (Lipinski definition) is 2. The number of amidine groups is 1. The minimum atomic E-state index is -0.0145. The molecule has 18 heavy (non-hydrogen) atoms. The Morgan fingerprint density at radius 3 is 2.50 bits per heavy atom. The number of rotatable bonds is 3. The van der Waals surface area contributed by atoms with Gasteiger partial charge in [-0.2, -0.15) is 0 Å². The van der Waals surface area contributed by atoms with E-state index >= 15 is 0 Å². The highest BCUT2D eigenvalue weighted by molar-refractivity contribution is 6.32. The zero-order valence-electron chi connectivity index (χ0n) is 9.91. The molecule has 0 heterocycles. The molecule has 0 aliphatic heterocycles. The summed E-state index contributed by atoms with van der Waals surface area (Å²) in [5, 5.41) is 7.77. The van der Waals surface area contributed by atoms with Gasteiger partial charge in [-0.1, -0.05) is 29.8 Å². The number of para-hydroxylation sites is 1. The first-order chi connectivity index (χ1) is 8.58. The van der Waals surface area contributed by atoms with Crippen molar-refractivity contribution in [2.75, 3.05) is 0 Å². The van der Waals surface area contributed by atoms with Crippen LogP contribution in [0.2, 0.25) is 5.02 Å². The Balaban J connectivity index is 2.30. The van der Waals surface area contributed by atoms with Crippen molar-refractivity contribution in [3.05, 3.63) is 58.6 Å². The highest BCUT2D eigenvalue weighted by atomic mass is 35.5. The van der Waals surface area contributed by atoms with Gasteiger partial charge in [0.1, 0.15) is 17.3 Å². The van der Waals surface area contributed by atoms with Gasteiger partial charge in [0.25, 0.3) is 0 Å². The predicted octanol–water partition coefficient (Wildman–Crippen LogP) is 3.72. The van der Waals surface area contributed by atoms with E-state index in [-0.39, 0.29) is 5.84 Å². The lowest BCUT2D eigenvalue weighted by Gasteiger charge is -2.10. The van der Waals surface area contributed by atoms with E-state index in [1.807, 2.05) is 31.2 Å². The predicted molar refractivity (Wildman–Crippen MR) is 73.7 cm³/mol. The number of nitrogens with one attached hydrogen (secondary N) is 1. The van der Waals surface area contributed by atoms with Gasteiger partial charge in [0.2, 0.25) is 0 Å². The lowest BCUT2D eigenvalue weighted by Crippen LogP contribution is -2.10. The van der Waals surface area contributed by atoms with Gasteiger partial charge in [-0.25, -0.2) is 0 Å². The van der Waals surface area contributed by atoms with E-state index in [1.165, 1.54) is 0 Å². The summed E-state index contributed by atoms with van der Waals surface area (Å²) in [6.45, 7) is 1.97. The van der Waals surface area contributed by atoms with Crippen molar-refractivity contribution in [3.63, 3.8) is 0 Å². The molecule has 2 aromatic carbocycles. The topological polar surface area (TPSA) is 59.1 Å². The van der Waals surface area contributed by atoms with Crippen molar-refractivity contribution >= 4 is 17.4 Å². The van der Waals surface area contributed by atoms with Gasteiger partial charge in [0, 0.05) is 5.56 Å². The van der Waals surface area contributed by atoms with Crippen LogP contribution in [0.5, 0.6) is 11.5 Å². The average Bonchev–Trinajstić information content (AvgIpc) is 2.34. The number of aryl methyl sites for hydroxylation is 1. The summed E-state index contributed by atoms with van der Waals surface area (Å²) in [6.07, 6.45) is 0. The number of nitrogen functional groups attached to an aromatic ring is 1. The van der Waals surface area contributed by atoms with Crippen LogP contribution in [-0.2, 0) is 0 Å². The fraction of sp³-hybridized carbons (Fsp3) is 0.0714. The van der Waals surface area contributed by atoms with E-state index < -0.39 is 0 Å². The lowest BCUT2D eigenvalue weighted by atomic mass is 10.2. The first kappa shape index (κ1) is 12.5. The second-order valence-electron chi connectivity index (χ2n) is 3.93. The highest BCUT2D eigenvalue weighted by Crippen LogP contribution is 2.31. The van der Waals surface area contributed by atoms with E-state index in [9.17, 15) is 0 Å². The molecule has 0 atom stereocenters. The van der Waals surface area contributed by atoms with Crippen LogP contribution in [0.1, 0.15) is 11.1 Å². The first-order valence-electron chi connectivity index (χ1n) is 5.45. The van der Waals surface area contributed by atoms with Crippen LogP contribution in [0.15, 0.2) is 42.5 Å². The highest BCUT2D eigenvalue weighted by Gasteiger charge is 2.07. The zero-order valence-corrected chi connectivity index (χ0v) is 10.7. The summed E-state index contributed by atoms with van der Waals surface area (Å²) in [5.41, 5.74) is 7.01. The third-order valence-electron chi connectivity index (χ3n) is 2.56. The second-order valence-corrected chi connectivity index (χ2v) is 4.33. The van der Waals surface area contributed by atoms with Gasteiger partial charge in [-0.05, 0) is 36.8 Å². The van der Waals surface area contributed by atoms with Crippen molar-refractivity contribution in [2.24, 2.45) is 5.73 Å². The Morgan fingerprint density at radius 1 is 1.17 bits per heavy atom. The van der Waals surface area contributed by atoms with Crippen LogP contribution in [0.25, 0.3) is 0 Å². The Bertz CT molecular complexity index is 596. The van der Waals surface area contributed by atoms with E-state index in [1.54, 1.807) is 18.2 Å². The molecular weight excluding hydrogens is 248 g/mol. The van der Waals surface area contributed by atoms with Gasteiger partial charge < -0.3 is 10.5 Å². The van der Waals surface area contributed by atoms with Gasteiger partial charge in [0.05, 0.1) is 5.02 Å². The molecule has 0 aromatic heterocycles. The van der Waals surface area contributed by atoms with Crippen molar-refractivity contribution < 1.29 is 4.74 Å². The molecule has 2 aromatic rings. The number of halogens is 1. The molecule has 0 unspecified atom stereocenters. The Morgan fingerprint density at radius 2 is 1.89 bits per heavy atom. The summed E-state index contributed by atoms with van der Waals surface area (Å²) in [7, 11) is 0. The van der Waals surface area contributed by atoms with Crippen LogP contribution < -0.4 is 10.5 Å². The van der Waals surface area contributed by atoms with Crippen LogP contribution in [0.3, 0.4) is 0 Å². The third-order valence-corrected chi connectivity index (χ3v) is 2.85. The maximum Gasteiger partial charge on any atom is 0.146 e. The molecule has 0 aliphatic rings. The van der Waals surface area contributed by atoms with Gasteiger partial charge in [-0.15, -0.1) is 0 Å². The first-order valence-corrected chi connectivity index (χ1v) is 5.83. The van der Waals surface area contributed by atoms with E-state index in [4.69, 9.17) is 27.5 Å². The molecular formula is C14H13ClN2O. The third kappa shape index (κ3) is 2.63. The van der Waals surface area contributed by atoms with Crippen molar-refractivity contribution in [1.82, 2.24) is 0 Å². The minimum absolute atomic E-state index is 0.0145. The maximum absolute atomic E-state index is 7.34. The molecule has 0 fully saturated rings. The van der Waals surface area contributed by atoms with Crippen LogP contribution in [0.4, 0.5) is 0 Å². The number of ether oxygens (including phenoxy) is 1. The summed E-state index contributed by atoms with van der Waals surface area (Å²) in [4.78, 5) is 0. The number of hydrogen-bond donors (Lipinski definition) is 2. The molecule has 2 rings (SSSR count). The summed E-state index contributed by atoms with van der Waals surface area (Å²) < 4.78 is 5.73. The second kappa shape index (κ2) is 5.10. The fourth-order valence-electron chi connectivity index (χ4n) is 1.54. The molecule has 0 spiro atoms. The minimum Gasteiger partial charge on any atom is -0.456 e. The van der Waals surface area contributed by atoms with E-state index in [2.05, 4.69) is 0 Å². The quantitative estimate of drug-likeness (QED) is 0.653. The van der Waals surface area contributed by atoms with Crippen molar-refractivity contribution in [2.45, 2.75) is 6.92 Å². The summed E-state index contributed by atoms with van der Waals surface area (Å²) >= 11 is 6.10. The lowest BCUT2D eigenvalue weighted by molar-refractivity contribution is 0.479. The van der Waals surface area contributed by atoms with Crippen LogP contribution >= 0.6 is 11.6 Å². The van der Waals surface area contributed by atoms with Crippen molar-refractivity contribution in [3.8, 4) is 11.5 Å². The maximum atomic E-state index is 7.34. The summed E-state index contributed by atoms with van der Waals surface area (Å²) in [6, 6.07) is 12.7. The van der Waals surface area contributed by atoms with Gasteiger partial charge in [-0.3, -0.25) is 5.41 Å². The van der Waals surface area contributed by atoms with E-state index in [0.717, 1.165) is 11.3 Å². The smallest absolute Gasteiger partial charge is 0.146 e. The fourth-order valence-corrected chi connectivity index (χ4v) is 1.76. The zero-order chi connectivity index (χ0) is 13.1. The standard InChI is InChI=1S/C14H13ClN2O/c1-9-4-2-3-5-12(9)18-13-7-6-10(14(16)17)8-11(13)15/h2-8H,1H3,(H3,16,17). The Hall–Kier alpha value is -2.00. The number of benzene rings is 2. The molecule has 0 saturated carbocycles. The molecule has 3 nitrogen and oxygen atoms in total. The van der Waals surface area contributed by atoms with Crippen LogP contribution in [-0.4, -0.2) is 5.84 Å². The van der Waals surface area contributed by atoms with Gasteiger partial charge >= 0.3 is 0 Å².